The second-order valence-electron chi connectivity index (χ2n) is 10.0. The molecule has 0 aliphatic carbocycles. The van der Waals surface area contributed by atoms with Crippen LogP contribution in [0, 0.1) is 11.8 Å². The second kappa shape index (κ2) is 12.4. The van der Waals surface area contributed by atoms with Gasteiger partial charge in [-0.2, -0.15) is 0 Å². The van der Waals surface area contributed by atoms with Gasteiger partial charge in [0.05, 0.1) is 26.7 Å². The van der Waals surface area contributed by atoms with Gasteiger partial charge in [-0.25, -0.2) is 0 Å². The van der Waals surface area contributed by atoms with E-state index >= 15 is 0 Å². The Morgan fingerprint density at radius 1 is 0.731 bits per heavy atom. The van der Waals surface area contributed by atoms with Crippen LogP contribution in [0.5, 0.6) is 0 Å². The number of rotatable bonds is 12. The topological polar surface area (TPSA) is 3.24 Å². The molecule has 0 aromatic rings. The fraction of sp³-hybridized carbons (Fsp3) is 1.00. The predicted molar refractivity (Wildman–Crippen MR) is 116 cm³/mol. The molecule has 0 spiro atoms. The molecule has 0 bridgehead atoms. The van der Waals surface area contributed by atoms with E-state index in [1.807, 2.05) is 0 Å². The SMILES string of the molecule is CCCCCCCCC[N+]1(C)CCC(CCCC2CCN(C)CC2)CC1. The third-order valence-electron chi connectivity index (χ3n) is 7.52. The average molecular weight is 366 g/mol. The van der Waals surface area contributed by atoms with Gasteiger partial charge >= 0.3 is 0 Å². The maximum absolute atomic E-state index is 2.53. The van der Waals surface area contributed by atoms with Crippen molar-refractivity contribution >= 4 is 0 Å². The molecule has 154 valence electrons. The standard InChI is InChI=1S/C24H49N2/c1-4-5-6-7-8-9-10-20-26(3)21-16-24(17-22-26)13-11-12-23-14-18-25(2)19-15-23/h23-24H,4-22H2,1-3H3/q+1. The lowest BCUT2D eigenvalue weighted by Crippen LogP contribution is -2.50. The van der Waals surface area contributed by atoms with E-state index in [0.717, 1.165) is 11.8 Å². The predicted octanol–water partition coefficient (Wildman–Crippen LogP) is 6.11. The van der Waals surface area contributed by atoms with Gasteiger partial charge < -0.3 is 9.38 Å². The minimum Gasteiger partial charge on any atom is -0.326 e. The highest BCUT2D eigenvalue weighted by atomic mass is 15.3. The number of quaternary nitrogens is 1. The van der Waals surface area contributed by atoms with Gasteiger partial charge in [-0.15, -0.1) is 0 Å². The highest BCUT2D eigenvalue weighted by molar-refractivity contribution is 4.71. The first-order valence-corrected chi connectivity index (χ1v) is 12.1. The molecule has 2 heterocycles. The number of piperidine rings is 2. The van der Waals surface area contributed by atoms with Crippen molar-refractivity contribution in [3.8, 4) is 0 Å². The van der Waals surface area contributed by atoms with E-state index in [-0.39, 0.29) is 0 Å². The van der Waals surface area contributed by atoms with E-state index in [1.54, 1.807) is 0 Å². The molecule has 0 atom stereocenters. The Labute approximate surface area is 165 Å². The molecule has 0 amide bonds. The van der Waals surface area contributed by atoms with Crippen molar-refractivity contribution < 1.29 is 4.48 Å². The van der Waals surface area contributed by atoms with Crippen molar-refractivity contribution in [1.82, 2.24) is 4.90 Å². The van der Waals surface area contributed by atoms with Crippen LogP contribution in [0.2, 0.25) is 0 Å². The van der Waals surface area contributed by atoms with Gasteiger partial charge in [0.25, 0.3) is 0 Å². The molecule has 2 aliphatic rings. The van der Waals surface area contributed by atoms with E-state index in [4.69, 9.17) is 0 Å². The molecule has 2 fully saturated rings. The van der Waals surface area contributed by atoms with Gasteiger partial charge in [-0.05, 0) is 70.5 Å². The van der Waals surface area contributed by atoms with E-state index in [1.165, 1.54) is 127 Å². The van der Waals surface area contributed by atoms with Crippen molar-refractivity contribution in [2.75, 3.05) is 46.8 Å². The smallest absolute Gasteiger partial charge is 0.0787 e. The van der Waals surface area contributed by atoms with E-state index in [9.17, 15) is 0 Å². The molecular formula is C24H49N2+. The van der Waals surface area contributed by atoms with Crippen LogP contribution < -0.4 is 0 Å². The molecule has 0 radical (unpaired) electrons. The summed E-state index contributed by atoms with van der Waals surface area (Å²) in [4.78, 5) is 2.50. The minimum atomic E-state index is 1.04. The first-order chi connectivity index (χ1) is 12.6. The summed E-state index contributed by atoms with van der Waals surface area (Å²) < 4.78 is 1.38. The first-order valence-electron chi connectivity index (χ1n) is 12.1. The number of likely N-dealkylation sites (tertiary alicyclic amines) is 2. The summed E-state index contributed by atoms with van der Waals surface area (Å²) in [5, 5.41) is 0. The normalized spacial score (nSPS) is 28.5. The van der Waals surface area contributed by atoms with Crippen LogP contribution in [-0.4, -0.2) is 56.2 Å². The summed E-state index contributed by atoms with van der Waals surface area (Å²) in [5.74, 6) is 2.08. The molecule has 2 aliphatic heterocycles. The first kappa shape index (κ1) is 22.2. The third-order valence-corrected chi connectivity index (χ3v) is 7.52. The summed E-state index contributed by atoms with van der Waals surface area (Å²) >= 11 is 0. The molecule has 0 saturated carbocycles. The number of unbranched alkanes of at least 4 members (excludes halogenated alkanes) is 6. The molecule has 2 nitrogen and oxygen atoms in total. The Morgan fingerprint density at radius 2 is 1.27 bits per heavy atom. The fourth-order valence-corrected chi connectivity index (χ4v) is 5.25. The summed E-state index contributed by atoms with van der Waals surface area (Å²) in [5.41, 5.74) is 0. The molecule has 0 aromatic heterocycles. The Kier molecular flexibility index (Phi) is 10.6. The lowest BCUT2D eigenvalue weighted by molar-refractivity contribution is -0.915. The largest absolute Gasteiger partial charge is 0.326 e. The number of hydrogen-bond donors (Lipinski definition) is 0. The van der Waals surface area contributed by atoms with Crippen LogP contribution in [-0.2, 0) is 0 Å². The lowest BCUT2D eigenvalue weighted by Gasteiger charge is -2.41. The highest BCUT2D eigenvalue weighted by Gasteiger charge is 2.29. The van der Waals surface area contributed by atoms with Crippen molar-refractivity contribution in [1.29, 1.82) is 0 Å². The molecule has 2 heteroatoms. The monoisotopic (exact) mass is 365 g/mol. The van der Waals surface area contributed by atoms with Crippen LogP contribution in [0.25, 0.3) is 0 Å². The number of nitrogens with zero attached hydrogens (tertiary/aromatic N) is 2. The van der Waals surface area contributed by atoms with Crippen LogP contribution >= 0.6 is 0 Å². The minimum absolute atomic E-state index is 1.04. The van der Waals surface area contributed by atoms with Crippen molar-refractivity contribution in [2.45, 2.75) is 96.8 Å². The molecule has 2 saturated heterocycles. The maximum Gasteiger partial charge on any atom is 0.0787 e. The van der Waals surface area contributed by atoms with E-state index < -0.39 is 0 Å². The van der Waals surface area contributed by atoms with Gasteiger partial charge in [-0.3, -0.25) is 0 Å². The zero-order chi connectivity index (χ0) is 18.7. The average Bonchev–Trinajstić information content (AvgIpc) is 2.64. The molecule has 2 rings (SSSR count). The van der Waals surface area contributed by atoms with Crippen LogP contribution in [0.1, 0.15) is 96.8 Å². The summed E-state index contributed by atoms with van der Waals surface area (Å²) in [7, 11) is 4.81. The lowest BCUT2D eigenvalue weighted by atomic mass is 9.86. The Bertz CT molecular complexity index is 338. The van der Waals surface area contributed by atoms with Gasteiger partial charge in [0.2, 0.25) is 0 Å². The van der Waals surface area contributed by atoms with Gasteiger partial charge in [0.1, 0.15) is 0 Å². The Balaban J connectivity index is 1.48. The quantitative estimate of drug-likeness (QED) is 0.298. The Morgan fingerprint density at radius 3 is 1.88 bits per heavy atom. The van der Waals surface area contributed by atoms with Gasteiger partial charge in [0, 0.05) is 0 Å². The molecular weight excluding hydrogens is 316 g/mol. The van der Waals surface area contributed by atoms with Crippen molar-refractivity contribution in [3.05, 3.63) is 0 Å². The molecule has 26 heavy (non-hydrogen) atoms. The maximum atomic E-state index is 2.53. The van der Waals surface area contributed by atoms with Gasteiger partial charge in [-0.1, -0.05) is 58.3 Å². The van der Waals surface area contributed by atoms with E-state index in [2.05, 4.69) is 25.9 Å². The fourth-order valence-electron chi connectivity index (χ4n) is 5.25. The second-order valence-corrected chi connectivity index (χ2v) is 10.0. The summed E-state index contributed by atoms with van der Waals surface area (Å²) in [6.07, 6.45) is 20.6. The molecule has 0 unspecified atom stereocenters. The summed E-state index contributed by atoms with van der Waals surface area (Å²) in [6.45, 7) is 9.33. The molecule has 0 aromatic carbocycles. The molecule has 0 N–H and O–H groups in total. The van der Waals surface area contributed by atoms with Gasteiger partial charge in [0.15, 0.2) is 0 Å². The van der Waals surface area contributed by atoms with Crippen LogP contribution in [0.15, 0.2) is 0 Å². The van der Waals surface area contributed by atoms with Crippen molar-refractivity contribution in [3.63, 3.8) is 0 Å². The van der Waals surface area contributed by atoms with Crippen molar-refractivity contribution in [2.24, 2.45) is 11.8 Å². The summed E-state index contributed by atoms with van der Waals surface area (Å²) in [6, 6.07) is 0. The number of hydrogen-bond acceptors (Lipinski definition) is 1. The van der Waals surface area contributed by atoms with Crippen LogP contribution in [0.3, 0.4) is 0 Å². The highest BCUT2D eigenvalue weighted by Crippen LogP contribution is 2.29. The Hall–Kier alpha value is -0.0800. The van der Waals surface area contributed by atoms with E-state index in [0.29, 0.717) is 0 Å². The zero-order valence-electron chi connectivity index (χ0n) is 18.5. The van der Waals surface area contributed by atoms with Crippen LogP contribution in [0.4, 0.5) is 0 Å². The zero-order valence-corrected chi connectivity index (χ0v) is 18.5. The third kappa shape index (κ3) is 8.74.